The van der Waals surface area contributed by atoms with Crippen molar-refractivity contribution in [1.82, 2.24) is 5.32 Å². The second-order valence-electron chi connectivity index (χ2n) is 6.35. The standard InChI is InChI=1S/C15H30N2/c16-13-15(8-2-1-3-9-15)10-12-17-11-7-14-5-4-6-14/h14,17H,1-13,16H2. The summed E-state index contributed by atoms with van der Waals surface area (Å²) in [6, 6.07) is 0. The van der Waals surface area contributed by atoms with Gasteiger partial charge >= 0.3 is 0 Å². The van der Waals surface area contributed by atoms with Crippen molar-refractivity contribution in [2.75, 3.05) is 19.6 Å². The van der Waals surface area contributed by atoms with Crippen molar-refractivity contribution in [2.24, 2.45) is 17.1 Å². The molecule has 0 saturated heterocycles. The summed E-state index contributed by atoms with van der Waals surface area (Å²) in [5.41, 5.74) is 6.49. The highest BCUT2D eigenvalue weighted by molar-refractivity contribution is 4.84. The molecule has 0 spiro atoms. The van der Waals surface area contributed by atoms with Gasteiger partial charge in [-0.3, -0.25) is 0 Å². The Balaban J connectivity index is 1.55. The molecule has 0 atom stereocenters. The molecular weight excluding hydrogens is 208 g/mol. The zero-order chi connectivity index (χ0) is 12.0. The molecule has 0 unspecified atom stereocenters. The van der Waals surface area contributed by atoms with E-state index in [1.54, 1.807) is 0 Å². The van der Waals surface area contributed by atoms with E-state index in [2.05, 4.69) is 5.32 Å². The van der Waals surface area contributed by atoms with Crippen molar-refractivity contribution >= 4 is 0 Å². The lowest BCUT2D eigenvalue weighted by Gasteiger charge is -2.36. The summed E-state index contributed by atoms with van der Waals surface area (Å²) in [4.78, 5) is 0. The highest BCUT2D eigenvalue weighted by atomic mass is 14.9. The van der Waals surface area contributed by atoms with E-state index in [0.29, 0.717) is 5.41 Å². The smallest absolute Gasteiger partial charge is 0.00201 e. The van der Waals surface area contributed by atoms with E-state index in [4.69, 9.17) is 5.73 Å². The van der Waals surface area contributed by atoms with Crippen molar-refractivity contribution in [2.45, 2.75) is 64.2 Å². The predicted molar refractivity (Wildman–Crippen MR) is 74.0 cm³/mol. The Kier molecular flexibility index (Phi) is 5.30. The molecule has 2 aliphatic carbocycles. The van der Waals surface area contributed by atoms with Gasteiger partial charge in [0.25, 0.3) is 0 Å². The van der Waals surface area contributed by atoms with Crippen LogP contribution in [0.15, 0.2) is 0 Å². The number of hydrogen-bond donors (Lipinski definition) is 2. The van der Waals surface area contributed by atoms with E-state index < -0.39 is 0 Å². The van der Waals surface area contributed by atoms with Crippen molar-refractivity contribution in [1.29, 1.82) is 0 Å². The van der Waals surface area contributed by atoms with Crippen LogP contribution in [0.2, 0.25) is 0 Å². The van der Waals surface area contributed by atoms with E-state index in [1.807, 2.05) is 0 Å². The minimum absolute atomic E-state index is 0.488. The quantitative estimate of drug-likeness (QED) is 0.669. The lowest BCUT2D eigenvalue weighted by molar-refractivity contribution is 0.180. The van der Waals surface area contributed by atoms with Gasteiger partial charge in [0.2, 0.25) is 0 Å². The van der Waals surface area contributed by atoms with Crippen molar-refractivity contribution < 1.29 is 0 Å². The Bertz CT molecular complexity index is 205. The summed E-state index contributed by atoms with van der Waals surface area (Å²) in [7, 11) is 0. The maximum absolute atomic E-state index is 6.00. The van der Waals surface area contributed by atoms with E-state index in [1.165, 1.54) is 77.3 Å². The van der Waals surface area contributed by atoms with E-state index in [0.717, 1.165) is 12.5 Å². The maximum atomic E-state index is 6.00. The van der Waals surface area contributed by atoms with Gasteiger partial charge in [0.05, 0.1) is 0 Å². The van der Waals surface area contributed by atoms with Gasteiger partial charge in [0.15, 0.2) is 0 Å². The summed E-state index contributed by atoms with van der Waals surface area (Å²) in [6.45, 7) is 3.31. The van der Waals surface area contributed by atoms with Crippen molar-refractivity contribution in [3.63, 3.8) is 0 Å². The van der Waals surface area contributed by atoms with Gasteiger partial charge in [-0.05, 0) is 56.7 Å². The lowest BCUT2D eigenvalue weighted by atomic mass is 9.72. The van der Waals surface area contributed by atoms with E-state index in [-0.39, 0.29) is 0 Å². The molecule has 2 rings (SSSR count). The second-order valence-corrected chi connectivity index (χ2v) is 6.35. The Hall–Kier alpha value is -0.0800. The maximum Gasteiger partial charge on any atom is -0.00201 e. The summed E-state index contributed by atoms with van der Waals surface area (Å²) < 4.78 is 0. The molecule has 100 valence electrons. The zero-order valence-corrected chi connectivity index (χ0v) is 11.3. The van der Waals surface area contributed by atoms with Crippen LogP contribution in [-0.2, 0) is 0 Å². The van der Waals surface area contributed by atoms with Crippen molar-refractivity contribution in [3.8, 4) is 0 Å². The Morgan fingerprint density at radius 3 is 2.35 bits per heavy atom. The highest BCUT2D eigenvalue weighted by Gasteiger charge is 2.29. The molecule has 2 nitrogen and oxygen atoms in total. The van der Waals surface area contributed by atoms with Gasteiger partial charge in [-0.15, -0.1) is 0 Å². The van der Waals surface area contributed by atoms with Gasteiger partial charge in [0, 0.05) is 0 Å². The van der Waals surface area contributed by atoms with Crippen LogP contribution >= 0.6 is 0 Å². The van der Waals surface area contributed by atoms with Crippen LogP contribution in [0.5, 0.6) is 0 Å². The predicted octanol–water partition coefficient (Wildman–Crippen LogP) is 3.07. The van der Waals surface area contributed by atoms with Gasteiger partial charge in [-0.1, -0.05) is 38.5 Å². The molecule has 0 amide bonds. The fourth-order valence-corrected chi connectivity index (χ4v) is 3.42. The van der Waals surface area contributed by atoms with E-state index >= 15 is 0 Å². The first kappa shape index (κ1) is 13.4. The van der Waals surface area contributed by atoms with E-state index in [9.17, 15) is 0 Å². The minimum atomic E-state index is 0.488. The van der Waals surface area contributed by atoms with Crippen LogP contribution < -0.4 is 11.1 Å². The number of nitrogens with two attached hydrogens (primary N) is 1. The molecule has 0 aromatic rings. The number of rotatable bonds is 7. The van der Waals surface area contributed by atoms with Crippen LogP contribution in [0.25, 0.3) is 0 Å². The fraction of sp³-hybridized carbons (Fsp3) is 1.00. The monoisotopic (exact) mass is 238 g/mol. The first-order valence-electron chi connectivity index (χ1n) is 7.75. The normalized spacial score (nSPS) is 24.5. The fourth-order valence-electron chi connectivity index (χ4n) is 3.42. The second kappa shape index (κ2) is 6.75. The first-order valence-corrected chi connectivity index (χ1v) is 7.75. The average molecular weight is 238 g/mol. The molecule has 0 radical (unpaired) electrons. The molecule has 0 bridgehead atoms. The molecule has 2 aliphatic rings. The third-order valence-electron chi connectivity index (χ3n) is 5.13. The van der Waals surface area contributed by atoms with Gasteiger partial charge in [0.1, 0.15) is 0 Å². The van der Waals surface area contributed by atoms with Gasteiger partial charge in [-0.25, -0.2) is 0 Å². The Morgan fingerprint density at radius 2 is 1.76 bits per heavy atom. The van der Waals surface area contributed by atoms with Gasteiger partial charge in [-0.2, -0.15) is 0 Å². The summed E-state index contributed by atoms with van der Waals surface area (Å²) in [5.74, 6) is 1.04. The highest BCUT2D eigenvalue weighted by Crippen LogP contribution is 2.38. The van der Waals surface area contributed by atoms with Crippen LogP contribution in [0.4, 0.5) is 0 Å². The minimum Gasteiger partial charge on any atom is -0.330 e. The molecule has 2 saturated carbocycles. The molecule has 2 fully saturated rings. The zero-order valence-electron chi connectivity index (χ0n) is 11.3. The molecule has 0 heterocycles. The summed E-state index contributed by atoms with van der Waals surface area (Å²) in [6.07, 6.45) is 14.1. The lowest BCUT2D eigenvalue weighted by Crippen LogP contribution is -2.36. The molecular formula is C15H30N2. The first-order chi connectivity index (χ1) is 8.35. The molecule has 3 N–H and O–H groups in total. The van der Waals surface area contributed by atoms with Gasteiger partial charge < -0.3 is 11.1 Å². The molecule has 0 aromatic carbocycles. The Morgan fingerprint density at radius 1 is 1.00 bits per heavy atom. The van der Waals surface area contributed by atoms with Crippen LogP contribution in [0.3, 0.4) is 0 Å². The number of hydrogen-bond acceptors (Lipinski definition) is 2. The number of nitrogens with one attached hydrogen (secondary N) is 1. The third-order valence-corrected chi connectivity index (χ3v) is 5.13. The molecule has 17 heavy (non-hydrogen) atoms. The van der Waals surface area contributed by atoms with Crippen molar-refractivity contribution in [3.05, 3.63) is 0 Å². The molecule has 0 aromatic heterocycles. The summed E-state index contributed by atoms with van der Waals surface area (Å²) in [5, 5.41) is 3.64. The Labute approximate surface area is 107 Å². The topological polar surface area (TPSA) is 38.0 Å². The third kappa shape index (κ3) is 3.96. The molecule has 0 aliphatic heterocycles. The van der Waals surface area contributed by atoms with Crippen LogP contribution in [0, 0.1) is 11.3 Å². The summed E-state index contributed by atoms with van der Waals surface area (Å²) >= 11 is 0. The SMILES string of the molecule is NCC1(CCNCCC2CCC2)CCCCC1. The largest absolute Gasteiger partial charge is 0.330 e. The van der Waals surface area contributed by atoms with Crippen LogP contribution in [-0.4, -0.2) is 19.6 Å². The van der Waals surface area contributed by atoms with Crippen LogP contribution in [0.1, 0.15) is 64.2 Å². The molecule has 2 heteroatoms. The average Bonchev–Trinajstić information content (AvgIpc) is 2.32.